The van der Waals surface area contributed by atoms with Gasteiger partial charge in [0.15, 0.2) is 6.23 Å². The molecule has 4 N–H and O–H groups in total. The minimum Gasteiger partial charge on any atom is -0.380 e. The Kier molecular flexibility index (Phi) is 5.21. The molecule has 0 saturated carbocycles. The van der Waals surface area contributed by atoms with E-state index in [1.807, 2.05) is 6.92 Å². The van der Waals surface area contributed by atoms with Gasteiger partial charge in [0.1, 0.15) is 12.2 Å². The number of aryl methyl sites for hydroxylation is 1. The quantitative estimate of drug-likeness (QED) is 0.608. The van der Waals surface area contributed by atoms with E-state index in [2.05, 4.69) is 39.8 Å². The van der Waals surface area contributed by atoms with E-state index < -0.39 is 0 Å². The van der Waals surface area contributed by atoms with Crippen LogP contribution in [0.5, 0.6) is 0 Å². The van der Waals surface area contributed by atoms with Gasteiger partial charge < -0.3 is 10.1 Å². The highest BCUT2D eigenvalue weighted by atomic mass is 16.7. The fraction of sp³-hybridized carbons (Fsp3) is 0.611. The van der Waals surface area contributed by atoms with Gasteiger partial charge in [-0.15, -0.1) is 0 Å². The number of hydroxylamine groups is 2. The molecule has 8 heteroatoms. The van der Waals surface area contributed by atoms with E-state index in [1.165, 1.54) is 11.1 Å². The van der Waals surface area contributed by atoms with E-state index in [0.717, 1.165) is 18.4 Å². The molecule has 26 heavy (non-hydrogen) atoms. The van der Waals surface area contributed by atoms with Crippen LogP contribution >= 0.6 is 0 Å². The molecule has 1 aromatic rings. The van der Waals surface area contributed by atoms with Gasteiger partial charge in [0, 0.05) is 13.5 Å². The van der Waals surface area contributed by atoms with Crippen molar-refractivity contribution in [2.75, 3.05) is 13.7 Å². The molecule has 1 aromatic carbocycles. The molecule has 5 atom stereocenters. The molecular formula is C18H26N4O4. The van der Waals surface area contributed by atoms with Gasteiger partial charge in [0.05, 0.1) is 18.8 Å². The summed E-state index contributed by atoms with van der Waals surface area (Å²) in [6, 6.07) is 6.16. The third-order valence-corrected chi connectivity index (χ3v) is 5.19. The summed E-state index contributed by atoms with van der Waals surface area (Å²) in [5.41, 5.74) is 9.40. The SMILES string of the molecule is COCC1NC(c2ccc3c(c2)CC[C@H]3NC(=O)C2CC(C)ON2)NO1. The van der Waals surface area contributed by atoms with Crippen molar-refractivity contribution in [3.63, 3.8) is 0 Å². The smallest absolute Gasteiger partial charge is 0.240 e. The second-order valence-electron chi connectivity index (χ2n) is 7.17. The van der Waals surface area contributed by atoms with Gasteiger partial charge in [-0.3, -0.25) is 19.8 Å². The Morgan fingerprint density at radius 1 is 1.35 bits per heavy atom. The standard InChI is InChI=1S/C18H26N4O4/c1-10-7-15(21-25-10)18(23)19-14-6-4-11-8-12(3-5-13(11)14)17-20-16(9-24-2)26-22-17/h3,5,8,10,14-17,20-22H,4,6-7,9H2,1-2H3,(H,19,23)/t10?,14-,15?,16?,17?/m1/s1. The molecule has 2 aliphatic heterocycles. The first kappa shape index (κ1) is 17.8. The molecule has 0 aromatic heterocycles. The number of carbonyl (C=O) groups is 1. The Bertz CT molecular complexity index is 671. The monoisotopic (exact) mass is 362 g/mol. The summed E-state index contributed by atoms with van der Waals surface area (Å²) >= 11 is 0. The Morgan fingerprint density at radius 3 is 3.00 bits per heavy atom. The van der Waals surface area contributed by atoms with Gasteiger partial charge in [-0.25, -0.2) is 0 Å². The van der Waals surface area contributed by atoms with Gasteiger partial charge >= 0.3 is 0 Å². The zero-order valence-electron chi connectivity index (χ0n) is 15.1. The molecule has 0 bridgehead atoms. The second-order valence-corrected chi connectivity index (χ2v) is 7.17. The zero-order chi connectivity index (χ0) is 18.1. The molecule has 0 spiro atoms. The average molecular weight is 362 g/mol. The van der Waals surface area contributed by atoms with Gasteiger partial charge in [-0.2, -0.15) is 11.0 Å². The molecule has 8 nitrogen and oxygen atoms in total. The Morgan fingerprint density at radius 2 is 2.23 bits per heavy atom. The molecule has 2 heterocycles. The number of rotatable bonds is 5. The van der Waals surface area contributed by atoms with E-state index in [0.29, 0.717) is 13.0 Å². The number of methoxy groups -OCH3 is 1. The van der Waals surface area contributed by atoms with Crippen LogP contribution in [0, 0.1) is 0 Å². The first-order valence-electron chi connectivity index (χ1n) is 9.14. The van der Waals surface area contributed by atoms with Crippen molar-refractivity contribution in [1.82, 2.24) is 21.6 Å². The number of hydrogen-bond acceptors (Lipinski definition) is 7. The average Bonchev–Trinajstić information content (AvgIpc) is 3.35. The number of nitrogens with one attached hydrogen (secondary N) is 4. The number of fused-ring (bicyclic) bond motifs is 1. The highest BCUT2D eigenvalue weighted by molar-refractivity contribution is 5.82. The normalized spacial score (nSPS) is 33.4. The van der Waals surface area contributed by atoms with E-state index in [-0.39, 0.29) is 36.5 Å². The van der Waals surface area contributed by atoms with Gasteiger partial charge in [0.25, 0.3) is 0 Å². The lowest BCUT2D eigenvalue weighted by Gasteiger charge is -2.18. The van der Waals surface area contributed by atoms with Crippen LogP contribution in [0.1, 0.15) is 48.7 Å². The van der Waals surface area contributed by atoms with Crippen molar-refractivity contribution in [2.24, 2.45) is 0 Å². The summed E-state index contributed by atoms with van der Waals surface area (Å²) in [4.78, 5) is 23.2. The second kappa shape index (κ2) is 7.59. The maximum absolute atomic E-state index is 12.4. The van der Waals surface area contributed by atoms with Crippen molar-refractivity contribution in [1.29, 1.82) is 0 Å². The molecule has 2 saturated heterocycles. The maximum Gasteiger partial charge on any atom is 0.240 e. The zero-order valence-corrected chi connectivity index (χ0v) is 15.1. The van der Waals surface area contributed by atoms with Crippen LogP contribution in [-0.2, 0) is 25.6 Å². The molecule has 2 fully saturated rings. The molecule has 4 rings (SSSR count). The number of ether oxygens (including phenoxy) is 1. The first-order chi connectivity index (χ1) is 12.6. The largest absolute Gasteiger partial charge is 0.380 e. The summed E-state index contributed by atoms with van der Waals surface area (Å²) in [6.45, 7) is 2.44. The first-order valence-corrected chi connectivity index (χ1v) is 9.14. The van der Waals surface area contributed by atoms with Crippen LogP contribution in [0.3, 0.4) is 0 Å². The molecule has 1 aliphatic carbocycles. The lowest BCUT2D eigenvalue weighted by atomic mass is 10.0. The van der Waals surface area contributed by atoms with Gasteiger partial charge in [-0.05, 0) is 36.5 Å². The molecule has 0 radical (unpaired) electrons. The van der Waals surface area contributed by atoms with Crippen molar-refractivity contribution in [2.45, 2.75) is 56.8 Å². The number of amides is 1. The van der Waals surface area contributed by atoms with E-state index in [4.69, 9.17) is 14.4 Å². The van der Waals surface area contributed by atoms with Gasteiger partial charge in [0.2, 0.25) is 5.91 Å². The Hall–Kier alpha value is -1.55. The predicted octanol–water partition coefficient (Wildman–Crippen LogP) is 0.568. The van der Waals surface area contributed by atoms with Crippen LogP contribution in [0.4, 0.5) is 0 Å². The maximum atomic E-state index is 12.4. The van der Waals surface area contributed by atoms with Crippen molar-refractivity contribution >= 4 is 5.91 Å². The molecule has 4 unspecified atom stereocenters. The van der Waals surface area contributed by atoms with Crippen LogP contribution in [0.15, 0.2) is 18.2 Å². The van der Waals surface area contributed by atoms with Crippen LogP contribution in [0.2, 0.25) is 0 Å². The number of benzene rings is 1. The molecule has 3 aliphatic rings. The topological polar surface area (TPSA) is 92.9 Å². The van der Waals surface area contributed by atoms with E-state index in [1.54, 1.807) is 7.11 Å². The number of carbonyl (C=O) groups excluding carboxylic acids is 1. The minimum absolute atomic E-state index is 0.00575. The highest BCUT2D eigenvalue weighted by Gasteiger charge is 2.32. The summed E-state index contributed by atoms with van der Waals surface area (Å²) in [7, 11) is 1.65. The lowest BCUT2D eigenvalue weighted by Crippen LogP contribution is -2.41. The van der Waals surface area contributed by atoms with E-state index in [9.17, 15) is 4.79 Å². The fourth-order valence-corrected chi connectivity index (χ4v) is 3.83. The molecular weight excluding hydrogens is 336 g/mol. The predicted molar refractivity (Wildman–Crippen MR) is 93.5 cm³/mol. The summed E-state index contributed by atoms with van der Waals surface area (Å²) in [5.74, 6) is 0.00575. The summed E-state index contributed by atoms with van der Waals surface area (Å²) < 4.78 is 5.10. The van der Waals surface area contributed by atoms with Gasteiger partial charge in [-0.1, -0.05) is 18.2 Å². The Labute approximate surface area is 152 Å². The van der Waals surface area contributed by atoms with E-state index >= 15 is 0 Å². The molecule has 1 amide bonds. The summed E-state index contributed by atoms with van der Waals surface area (Å²) in [6.07, 6.45) is 2.42. The third kappa shape index (κ3) is 3.62. The fourth-order valence-electron chi connectivity index (χ4n) is 3.83. The summed E-state index contributed by atoms with van der Waals surface area (Å²) in [5, 5.41) is 6.49. The van der Waals surface area contributed by atoms with Crippen LogP contribution in [-0.4, -0.2) is 38.0 Å². The number of hydrogen-bond donors (Lipinski definition) is 4. The lowest BCUT2D eigenvalue weighted by molar-refractivity contribution is -0.125. The minimum atomic E-state index is -0.268. The highest BCUT2D eigenvalue weighted by Crippen LogP contribution is 2.33. The van der Waals surface area contributed by atoms with Crippen LogP contribution in [0.25, 0.3) is 0 Å². The Balaban J connectivity index is 1.40. The van der Waals surface area contributed by atoms with Crippen LogP contribution < -0.4 is 21.6 Å². The molecule has 142 valence electrons. The van der Waals surface area contributed by atoms with Crippen molar-refractivity contribution < 1.29 is 19.2 Å². The van der Waals surface area contributed by atoms with Crippen molar-refractivity contribution in [3.8, 4) is 0 Å². The third-order valence-electron chi connectivity index (χ3n) is 5.19. The van der Waals surface area contributed by atoms with Crippen molar-refractivity contribution in [3.05, 3.63) is 34.9 Å².